The second-order valence-corrected chi connectivity index (χ2v) is 9.18. The van der Waals surface area contributed by atoms with Crippen LogP contribution in [0.15, 0.2) is 35.7 Å². The number of thiophene rings is 1. The molecule has 0 unspecified atom stereocenters. The molecule has 0 bridgehead atoms. The quantitative estimate of drug-likeness (QED) is 0.426. The minimum atomic E-state index is 0.382. The number of benzene rings is 1. The van der Waals surface area contributed by atoms with Crippen molar-refractivity contribution in [2.45, 2.75) is 50.8 Å². The van der Waals surface area contributed by atoms with Crippen LogP contribution in [0.25, 0.3) is 21.3 Å². The van der Waals surface area contributed by atoms with Crippen molar-refractivity contribution in [3.8, 4) is 11.1 Å². The van der Waals surface area contributed by atoms with Gasteiger partial charge < -0.3 is 14.6 Å². The van der Waals surface area contributed by atoms with Crippen molar-refractivity contribution in [2.75, 3.05) is 12.4 Å². The fourth-order valence-corrected chi connectivity index (χ4v) is 5.07. The van der Waals surface area contributed by atoms with Crippen LogP contribution in [0.3, 0.4) is 0 Å². The van der Waals surface area contributed by atoms with E-state index in [9.17, 15) is 0 Å². The summed E-state index contributed by atoms with van der Waals surface area (Å²) < 4.78 is 7.69. The first-order valence-electron chi connectivity index (χ1n) is 10.8. The Morgan fingerprint density at radius 3 is 2.68 bits per heavy atom. The summed E-state index contributed by atoms with van der Waals surface area (Å²) in [4.78, 5) is 10.5. The van der Waals surface area contributed by atoms with Crippen LogP contribution in [-0.4, -0.2) is 31.8 Å². The first kappa shape index (κ1) is 18.9. The fourth-order valence-electron chi connectivity index (χ4n) is 4.11. The van der Waals surface area contributed by atoms with E-state index in [2.05, 4.69) is 49.7 Å². The van der Waals surface area contributed by atoms with E-state index in [4.69, 9.17) is 14.7 Å². The van der Waals surface area contributed by atoms with Gasteiger partial charge in [-0.15, -0.1) is 21.5 Å². The lowest BCUT2D eigenvalue weighted by Gasteiger charge is -2.12. The Morgan fingerprint density at radius 1 is 1.10 bits per heavy atom. The molecule has 6 rings (SSSR count). The SMILES string of the molecule is COCc1nc(NCc2nnc(C3CC3)n2C2CC2)c2c(-c3ccccc3)csc2n1. The second kappa shape index (κ2) is 7.69. The zero-order valence-corrected chi connectivity index (χ0v) is 18.2. The molecule has 3 aromatic heterocycles. The van der Waals surface area contributed by atoms with Crippen molar-refractivity contribution >= 4 is 27.4 Å². The Kier molecular flexibility index (Phi) is 4.69. The third kappa shape index (κ3) is 3.59. The summed E-state index contributed by atoms with van der Waals surface area (Å²) in [5.41, 5.74) is 2.31. The number of fused-ring (bicyclic) bond motifs is 1. The van der Waals surface area contributed by atoms with E-state index in [0.29, 0.717) is 30.9 Å². The summed E-state index contributed by atoms with van der Waals surface area (Å²) in [6.45, 7) is 0.978. The molecule has 4 aromatic rings. The van der Waals surface area contributed by atoms with Crippen LogP contribution in [-0.2, 0) is 17.9 Å². The van der Waals surface area contributed by atoms with Crippen LogP contribution < -0.4 is 5.32 Å². The Bertz CT molecular complexity index is 1230. The van der Waals surface area contributed by atoms with E-state index in [-0.39, 0.29) is 0 Å². The average molecular weight is 433 g/mol. The third-order valence-corrected chi connectivity index (χ3v) is 6.77. The molecule has 0 spiro atoms. The number of hydrogen-bond acceptors (Lipinski definition) is 7. The Morgan fingerprint density at radius 2 is 1.94 bits per heavy atom. The number of hydrogen-bond donors (Lipinski definition) is 1. The molecule has 7 nitrogen and oxygen atoms in total. The number of nitrogens with one attached hydrogen (secondary N) is 1. The molecule has 158 valence electrons. The molecule has 0 atom stereocenters. The highest BCUT2D eigenvalue weighted by Crippen LogP contribution is 2.45. The molecule has 2 aliphatic rings. The van der Waals surface area contributed by atoms with Gasteiger partial charge in [0, 0.05) is 30.0 Å². The normalized spacial score (nSPS) is 16.2. The van der Waals surface area contributed by atoms with Crippen molar-refractivity contribution in [1.29, 1.82) is 0 Å². The van der Waals surface area contributed by atoms with Gasteiger partial charge in [0.15, 0.2) is 11.6 Å². The molecule has 0 saturated heterocycles. The summed E-state index contributed by atoms with van der Waals surface area (Å²) in [5.74, 6) is 4.29. The van der Waals surface area contributed by atoms with Gasteiger partial charge in [0.25, 0.3) is 0 Å². The van der Waals surface area contributed by atoms with E-state index in [1.54, 1.807) is 18.4 Å². The molecule has 0 amide bonds. The Hall–Kier alpha value is -2.84. The van der Waals surface area contributed by atoms with Gasteiger partial charge in [-0.2, -0.15) is 0 Å². The van der Waals surface area contributed by atoms with Crippen molar-refractivity contribution in [1.82, 2.24) is 24.7 Å². The maximum Gasteiger partial charge on any atom is 0.158 e. The second-order valence-electron chi connectivity index (χ2n) is 8.32. The monoisotopic (exact) mass is 432 g/mol. The molecule has 8 heteroatoms. The van der Waals surface area contributed by atoms with Crippen molar-refractivity contribution in [3.63, 3.8) is 0 Å². The third-order valence-electron chi connectivity index (χ3n) is 5.90. The molecule has 2 aliphatic carbocycles. The molecule has 2 fully saturated rings. The predicted octanol–water partition coefficient (Wildman–Crippen LogP) is 4.92. The lowest BCUT2D eigenvalue weighted by atomic mass is 10.1. The van der Waals surface area contributed by atoms with E-state index in [1.165, 1.54) is 31.5 Å². The maximum atomic E-state index is 5.31. The van der Waals surface area contributed by atoms with Crippen LogP contribution >= 0.6 is 11.3 Å². The van der Waals surface area contributed by atoms with Crippen LogP contribution in [0.1, 0.15) is 55.1 Å². The Labute approximate surface area is 184 Å². The summed E-state index contributed by atoms with van der Waals surface area (Å²) in [6.07, 6.45) is 4.92. The van der Waals surface area contributed by atoms with Gasteiger partial charge in [-0.1, -0.05) is 30.3 Å². The molecule has 2 saturated carbocycles. The zero-order chi connectivity index (χ0) is 20.8. The minimum absolute atomic E-state index is 0.382. The van der Waals surface area contributed by atoms with Crippen LogP contribution in [0.4, 0.5) is 5.82 Å². The van der Waals surface area contributed by atoms with Crippen molar-refractivity contribution < 1.29 is 4.74 Å². The lowest BCUT2D eigenvalue weighted by molar-refractivity contribution is 0.178. The molecular formula is C23H24N6OS. The number of nitrogens with zero attached hydrogens (tertiary/aromatic N) is 5. The number of methoxy groups -OCH3 is 1. The average Bonchev–Trinajstić information content (AvgIpc) is 3.73. The largest absolute Gasteiger partial charge is 0.377 e. The number of rotatable bonds is 8. The number of ether oxygens (including phenoxy) is 1. The highest BCUT2D eigenvalue weighted by molar-refractivity contribution is 7.17. The molecule has 0 radical (unpaired) electrons. The molecule has 1 aromatic carbocycles. The van der Waals surface area contributed by atoms with Gasteiger partial charge in [-0.25, -0.2) is 9.97 Å². The first-order valence-corrected chi connectivity index (χ1v) is 11.7. The van der Waals surface area contributed by atoms with E-state index in [0.717, 1.165) is 33.0 Å². The van der Waals surface area contributed by atoms with Crippen LogP contribution in [0.2, 0.25) is 0 Å². The fraction of sp³-hybridized carbons (Fsp3) is 0.391. The van der Waals surface area contributed by atoms with Crippen molar-refractivity contribution in [3.05, 3.63) is 53.2 Å². The summed E-state index contributed by atoms with van der Waals surface area (Å²) in [7, 11) is 1.67. The highest BCUT2D eigenvalue weighted by atomic mass is 32.1. The molecular weight excluding hydrogens is 408 g/mol. The topological polar surface area (TPSA) is 77.8 Å². The summed E-state index contributed by atoms with van der Waals surface area (Å²) >= 11 is 1.64. The Balaban J connectivity index is 1.38. The van der Waals surface area contributed by atoms with Crippen LogP contribution in [0.5, 0.6) is 0 Å². The summed E-state index contributed by atoms with van der Waals surface area (Å²) in [6, 6.07) is 11.0. The van der Waals surface area contributed by atoms with Gasteiger partial charge in [-0.3, -0.25) is 0 Å². The van der Waals surface area contributed by atoms with Gasteiger partial charge in [-0.05, 0) is 31.2 Å². The van der Waals surface area contributed by atoms with Crippen molar-refractivity contribution in [2.24, 2.45) is 0 Å². The highest BCUT2D eigenvalue weighted by Gasteiger charge is 2.36. The maximum absolute atomic E-state index is 5.31. The molecule has 0 aliphatic heterocycles. The van der Waals surface area contributed by atoms with Crippen LogP contribution in [0, 0.1) is 0 Å². The van der Waals surface area contributed by atoms with Gasteiger partial charge in [0.1, 0.15) is 23.1 Å². The standard InChI is InChI=1S/C23H24N6OS/c1-30-12-18-25-21(20-17(13-31-23(20)26-18)14-5-3-2-4-6-14)24-11-19-27-28-22(15-7-8-15)29(19)16-9-10-16/h2-6,13,15-16H,7-12H2,1H3,(H,24,25,26). The number of aromatic nitrogens is 5. The molecule has 1 N–H and O–H groups in total. The van der Waals surface area contributed by atoms with Gasteiger partial charge in [0.05, 0.1) is 11.9 Å². The number of anilines is 1. The van der Waals surface area contributed by atoms with Gasteiger partial charge in [0.2, 0.25) is 0 Å². The minimum Gasteiger partial charge on any atom is -0.377 e. The van der Waals surface area contributed by atoms with E-state index >= 15 is 0 Å². The molecule has 31 heavy (non-hydrogen) atoms. The zero-order valence-electron chi connectivity index (χ0n) is 17.4. The van der Waals surface area contributed by atoms with Gasteiger partial charge >= 0.3 is 0 Å². The smallest absolute Gasteiger partial charge is 0.158 e. The summed E-state index contributed by atoms with van der Waals surface area (Å²) in [5, 5.41) is 15.9. The molecule has 3 heterocycles. The van der Waals surface area contributed by atoms with E-state index in [1.807, 2.05) is 6.07 Å². The lowest BCUT2D eigenvalue weighted by Crippen LogP contribution is -2.11. The predicted molar refractivity (Wildman–Crippen MR) is 121 cm³/mol. The first-order chi connectivity index (χ1) is 15.3. The van der Waals surface area contributed by atoms with E-state index < -0.39 is 0 Å².